The standard InChI is InChI=1S/C22H30O2/c1-4-13-24-16-6-8-17-15(14-16)5-7-19-18(17)9-11-21(2)20(19)10-12-22(21,3)23/h4,6,8,14,18-20,23H,1,5,7,9-13H2,2-3H3/t18-,19+,20+,21+,22-/m1/s1. The van der Waals surface area contributed by atoms with Crippen molar-refractivity contribution in [3.05, 3.63) is 42.0 Å². The molecule has 2 nitrogen and oxygen atoms in total. The highest BCUT2D eigenvalue weighted by molar-refractivity contribution is 5.41. The van der Waals surface area contributed by atoms with Crippen LogP contribution in [-0.2, 0) is 6.42 Å². The Morgan fingerprint density at radius 2 is 2.08 bits per heavy atom. The van der Waals surface area contributed by atoms with Crippen molar-refractivity contribution in [2.24, 2.45) is 17.3 Å². The van der Waals surface area contributed by atoms with Crippen molar-refractivity contribution in [2.75, 3.05) is 6.61 Å². The number of benzene rings is 1. The van der Waals surface area contributed by atoms with Gasteiger partial charge in [-0.25, -0.2) is 0 Å². The van der Waals surface area contributed by atoms with Gasteiger partial charge < -0.3 is 9.84 Å². The number of hydrogen-bond donors (Lipinski definition) is 1. The molecule has 0 saturated heterocycles. The van der Waals surface area contributed by atoms with Gasteiger partial charge in [-0.05, 0) is 91.9 Å². The molecule has 4 rings (SSSR count). The minimum Gasteiger partial charge on any atom is -0.490 e. The first-order valence-electron chi connectivity index (χ1n) is 9.55. The van der Waals surface area contributed by atoms with Crippen LogP contribution in [0.15, 0.2) is 30.9 Å². The summed E-state index contributed by atoms with van der Waals surface area (Å²) in [6, 6.07) is 6.68. The fourth-order valence-electron chi connectivity index (χ4n) is 6.05. The van der Waals surface area contributed by atoms with Gasteiger partial charge >= 0.3 is 0 Å². The minimum absolute atomic E-state index is 0.110. The van der Waals surface area contributed by atoms with Gasteiger partial charge in [0.05, 0.1) is 5.60 Å². The molecule has 0 amide bonds. The normalized spacial score (nSPS) is 40.4. The van der Waals surface area contributed by atoms with Crippen LogP contribution in [0, 0.1) is 17.3 Å². The summed E-state index contributed by atoms with van der Waals surface area (Å²) in [5.41, 5.74) is 2.65. The zero-order valence-electron chi connectivity index (χ0n) is 15.1. The van der Waals surface area contributed by atoms with Crippen LogP contribution >= 0.6 is 0 Å². The molecule has 0 heterocycles. The lowest BCUT2D eigenvalue weighted by Crippen LogP contribution is -2.49. The molecule has 0 spiro atoms. The molecule has 0 aliphatic heterocycles. The summed E-state index contributed by atoms with van der Waals surface area (Å²) in [4.78, 5) is 0. The quantitative estimate of drug-likeness (QED) is 0.804. The van der Waals surface area contributed by atoms with Crippen LogP contribution in [0.2, 0.25) is 0 Å². The van der Waals surface area contributed by atoms with Crippen LogP contribution in [0.3, 0.4) is 0 Å². The van der Waals surface area contributed by atoms with Gasteiger partial charge in [-0.1, -0.05) is 25.6 Å². The molecule has 1 N–H and O–H groups in total. The van der Waals surface area contributed by atoms with E-state index >= 15 is 0 Å². The van der Waals surface area contributed by atoms with Crippen LogP contribution in [0.4, 0.5) is 0 Å². The van der Waals surface area contributed by atoms with Crippen molar-refractivity contribution >= 4 is 0 Å². The highest BCUT2D eigenvalue weighted by atomic mass is 16.5. The molecule has 24 heavy (non-hydrogen) atoms. The van der Waals surface area contributed by atoms with Crippen molar-refractivity contribution < 1.29 is 9.84 Å². The van der Waals surface area contributed by atoms with Crippen molar-refractivity contribution in [2.45, 2.75) is 63.9 Å². The van der Waals surface area contributed by atoms with Crippen molar-refractivity contribution in [3.63, 3.8) is 0 Å². The van der Waals surface area contributed by atoms with E-state index < -0.39 is 5.60 Å². The second-order valence-corrected chi connectivity index (χ2v) is 8.64. The Labute approximate surface area is 145 Å². The molecular formula is C22H30O2. The Balaban J connectivity index is 1.62. The van der Waals surface area contributed by atoms with Crippen LogP contribution in [0.5, 0.6) is 5.75 Å². The van der Waals surface area contributed by atoms with E-state index in [-0.39, 0.29) is 5.41 Å². The predicted octanol–water partition coefficient (Wildman–Crippen LogP) is 4.86. The highest BCUT2D eigenvalue weighted by Gasteiger charge is 2.59. The Morgan fingerprint density at radius 3 is 2.88 bits per heavy atom. The zero-order chi connectivity index (χ0) is 16.9. The molecule has 0 unspecified atom stereocenters. The van der Waals surface area contributed by atoms with Gasteiger partial charge in [0.2, 0.25) is 0 Å². The molecule has 2 heteroatoms. The van der Waals surface area contributed by atoms with E-state index in [1.165, 1.54) is 24.8 Å². The summed E-state index contributed by atoms with van der Waals surface area (Å²) >= 11 is 0. The van der Waals surface area contributed by atoms with Gasteiger partial charge in [0.25, 0.3) is 0 Å². The summed E-state index contributed by atoms with van der Waals surface area (Å²) in [6.07, 6.45) is 8.74. The van der Waals surface area contributed by atoms with E-state index in [0.717, 1.165) is 30.9 Å². The maximum atomic E-state index is 10.9. The van der Waals surface area contributed by atoms with E-state index in [1.54, 1.807) is 11.6 Å². The van der Waals surface area contributed by atoms with E-state index in [9.17, 15) is 5.11 Å². The van der Waals surface area contributed by atoms with Gasteiger partial charge in [-0.15, -0.1) is 0 Å². The van der Waals surface area contributed by atoms with E-state index in [0.29, 0.717) is 18.4 Å². The molecule has 3 aliphatic carbocycles. The lowest BCUT2D eigenvalue weighted by atomic mass is 9.53. The predicted molar refractivity (Wildman–Crippen MR) is 97.4 cm³/mol. The first-order valence-corrected chi connectivity index (χ1v) is 9.55. The highest BCUT2D eigenvalue weighted by Crippen LogP contribution is 2.64. The number of ether oxygens (including phenoxy) is 1. The summed E-state index contributed by atoms with van der Waals surface area (Å²) in [6.45, 7) is 8.72. The van der Waals surface area contributed by atoms with Gasteiger partial charge in [0.1, 0.15) is 12.4 Å². The minimum atomic E-state index is -0.481. The Hall–Kier alpha value is -1.28. The van der Waals surface area contributed by atoms with E-state index in [4.69, 9.17) is 4.74 Å². The second-order valence-electron chi connectivity index (χ2n) is 8.64. The molecular weight excluding hydrogens is 296 g/mol. The second kappa shape index (κ2) is 5.62. The first-order chi connectivity index (χ1) is 11.5. The van der Waals surface area contributed by atoms with E-state index in [1.807, 2.05) is 0 Å². The van der Waals surface area contributed by atoms with Crippen molar-refractivity contribution in [3.8, 4) is 5.75 Å². The third kappa shape index (κ3) is 2.26. The van der Waals surface area contributed by atoms with Crippen molar-refractivity contribution in [1.82, 2.24) is 0 Å². The Bertz CT molecular complexity index is 647. The van der Waals surface area contributed by atoms with Gasteiger partial charge in [-0.3, -0.25) is 0 Å². The average molecular weight is 326 g/mol. The van der Waals surface area contributed by atoms with Gasteiger partial charge in [-0.2, -0.15) is 0 Å². The van der Waals surface area contributed by atoms with E-state index in [2.05, 4.69) is 38.6 Å². The number of fused-ring (bicyclic) bond motifs is 5. The maximum absolute atomic E-state index is 10.9. The molecule has 0 bridgehead atoms. The smallest absolute Gasteiger partial charge is 0.120 e. The fourth-order valence-corrected chi connectivity index (χ4v) is 6.05. The van der Waals surface area contributed by atoms with Crippen LogP contribution < -0.4 is 4.74 Å². The van der Waals surface area contributed by atoms with Crippen molar-refractivity contribution in [1.29, 1.82) is 0 Å². The van der Waals surface area contributed by atoms with Crippen LogP contribution in [0.1, 0.15) is 63.0 Å². The Kier molecular flexibility index (Phi) is 3.80. The lowest BCUT2D eigenvalue weighted by molar-refractivity contribution is -0.0901. The average Bonchev–Trinajstić information content (AvgIpc) is 2.82. The summed E-state index contributed by atoms with van der Waals surface area (Å²) < 4.78 is 5.72. The zero-order valence-corrected chi connectivity index (χ0v) is 15.1. The molecule has 5 atom stereocenters. The molecule has 1 aromatic carbocycles. The molecule has 0 radical (unpaired) electrons. The number of aryl methyl sites for hydroxylation is 1. The van der Waals surface area contributed by atoms with Gasteiger partial charge in [0, 0.05) is 0 Å². The molecule has 3 aliphatic rings. The number of aliphatic hydroxyl groups is 1. The SMILES string of the molecule is C=CCOc1ccc2c(c1)CC[C@H]1[C@@H]2CC[C@@]2(C)[C@H]1CC[C@@]2(C)O. The molecule has 130 valence electrons. The third-order valence-corrected chi connectivity index (χ3v) is 7.63. The molecule has 2 saturated carbocycles. The Morgan fingerprint density at radius 1 is 1.25 bits per heavy atom. The monoisotopic (exact) mass is 326 g/mol. The third-order valence-electron chi connectivity index (χ3n) is 7.63. The summed E-state index contributed by atoms with van der Waals surface area (Å²) in [7, 11) is 0. The number of hydrogen-bond acceptors (Lipinski definition) is 2. The largest absolute Gasteiger partial charge is 0.490 e. The van der Waals surface area contributed by atoms with Gasteiger partial charge in [0.15, 0.2) is 0 Å². The molecule has 0 aromatic heterocycles. The number of rotatable bonds is 3. The summed E-state index contributed by atoms with van der Waals surface area (Å²) in [5, 5.41) is 10.9. The lowest BCUT2D eigenvalue weighted by Gasteiger charge is -2.52. The topological polar surface area (TPSA) is 29.5 Å². The fraction of sp³-hybridized carbons (Fsp3) is 0.636. The van der Waals surface area contributed by atoms with Crippen LogP contribution in [-0.4, -0.2) is 17.3 Å². The van der Waals surface area contributed by atoms with Crippen LogP contribution in [0.25, 0.3) is 0 Å². The molecule has 1 aromatic rings. The molecule has 2 fully saturated rings. The maximum Gasteiger partial charge on any atom is 0.120 e. The first kappa shape index (κ1) is 16.2. The summed E-state index contributed by atoms with van der Waals surface area (Å²) in [5.74, 6) is 3.06.